The molecular weight excluding hydrogens is 363 g/mol. The first-order valence-corrected chi connectivity index (χ1v) is 7.37. The van der Waals surface area contributed by atoms with Crippen LogP contribution in [0.1, 0.15) is 23.0 Å². The zero-order valence-corrected chi connectivity index (χ0v) is 13.1. The lowest BCUT2D eigenvalue weighted by Crippen LogP contribution is -2.45. The largest absolute Gasteiger partial charge is 0.279 e. The molecule has 0 saturated heterocycles. The van der Waals surface area contributed by atoms with Gasteiger partial charge in [-0.15, -0.1) is 34.5 Å². The first-order valence-electron chi connectivity index (χ1n) is 5.00. The molecule has 1 saturated carbocycles. The van der Waals surface area contributed by atoms with Gasteiger partial charge < -0.3 is 0 Å². The molecule has 1 aliphatic rings. The number of nitrogens with one attached hydrogen (secondary N) is 2. The van der Waals surface area contributed by atoms with Gasteiger partial charge in [-0.3, -0.25) is 20.4 Å². The van der Waals surface area contributed by atoms with Crippen LogP contribution in [0.15, 0.2) is 15.9 Å². The highest BCUT2D eigenvalue weighted by molar-refractivity contribution is 9.11. The highest BCUT2D eigenvalue weighted by Crippen LogP contribution is 2.63. The van der Waals surface area contributed by atoms with E-state index in [1.54, 1.807) is 19.1 Å². The molecule has 2 N–H and O–H groups in total. The van der Waals surface area contributed by atoms with Crippen LogP contribution in [-0.4, -0.2) is 16.1 Å². The van der Waals surface area contributed by atoms with E-state index in [0.29, 0.717) is 11.3 Å². The van der Waals surface area contributed by atoms with E-state index in [9.17, 15) is 9.59 Å². The van der Waals surface area contributed by atoms with E-state index in [4.69, 9.17) is 23.2 Å². The minimum atomic E-state index is -1.05. The zero-order valence-electron chi connectivity index (χ0n) is 9.22. The van der Waals surface area contributed by atoms with Gasteiger partial charge in [-0.05, 0) is 41.4 Å². The molecule has 1 aromatic rings. The zero-order chi connectivity index (χ0) is 13.6. The number of halogens is 3. The summed E-state index contributed by atoms with van der Waals surface area (Å²) in [6.45, 7) is 1.65. The van der Waals surface area contributed by atoms with E-state index in [1.807, 2.05) is 0 Å². The molecule has 1 unspecified atom stereocenters. The van der Waals surface area contributed by atoms with Crippen molar-refractivity contribution < 1.29 is 9.59 Å². The molecule has 2 amide bonds. The fraction of sp³-hybridized carbons (Fsp3) is 0.400. The molecule has 1 aliphatic carbocycles. The summed E-state index contributed by atoms with van der Waals surface area (Å²) >= 11 is 16.3. The van der Waals surface area contributed by atoms with Gasteiger partial charge in [0.15, 0.2) is 0 Å². The van der Waals surface area contributed by atoms with Crippen LogP contribution >= 0.6 is 50.5 Å². The lowest BCUT2D eigenvalue weighted by atomic mass is 10.1. The average Bonchev–Trinajstić information content (AvgIpc) is 2.63. The van der Waals surface area contributed by atoms with Crippen molar-refractivity contribution in [1.82, 2.24) is 10.9 Å². The number of amides is 2. The van der Waals surface area contributed by atoms with Gasteiger partial charge in [-0.2, -0.15) is 0 Å². The predicted molar refractivity (Wildman–Crippen MR) is 74.8 cm³/mol. The molecule has 0 bridgehead atoms. The van der Waals surface area contributed by atoms with Crippen LogP contribution in [0.2, 0.25) is 0 Å². The summed E-state index contributed by atoms with van der Waals surface area (Å²) in [4.78, 5) is 23.9. The Balaban J connectivity index is 1.90. The van der Waals surface area contributed by atoms with Gasteiger partial charge in [0.2, 0.25) is 5.91 Å². The number of hydrogen-bond donors (Lipinski definition) is 2. The maximum Gasteiger partial charge on any atom is 0.279 e. The van der Waals surface area contributed by atoms with Gasteiger partial charge in [0.1, 0.15) is 4.33 Å². The van der Waals surface area contributed by atoms with Crippen molar-refractivity contribution in [3.05, 3.63) is 20.8 Å². The highest BCUT2D eigenvalue weighted by Gasteiger charge is 2.68. The fourth-order valence-corrected chi connectivity index (χ4v) is 3.38. The third-order valence-electron chi connectivity index (χ3n) is 2.85. The fourth-order valence-electron chi connectivity index (χ4n) is 1.40. The van der Waals surface area contributed by atoms with E-state index < -0.39 is 15.7 Å². The van der Waals surface area contributed by atoms with Gasteiger partial charge >= 0.3 is 0 Å². The van der Waals surface area contributed by atoms with E-state index >= 15 is 0 Å². The van der Waals surface area contributed by atoms with Crippen LogP contribution in [0.4, 0.5) is 0 Å². The Morgan fingerprint density at radius 2 is 2.00 bits per heavy atom. The summed E-state index contributed by atoms with van der Waals surface area (Å²) in [6.07, 6.45) is 0.370. The normalized spacial score (nSPS) is 24.4. The van der Waals surface area contributed by atoms with Crippen molar-refractivity contribution in [2.45, 2.75) is 17.7 Å². The molecule has 0 aliphatic heterocycles. The summed E-state index contributed by atoms with van der Waals surface area (Å²) in [6, 6.07) is 3.41. The molecule has 0 spiro atoms. The van der Waals surface area contributed by atoms with Gasteiger partial charge in [0.05, 0.1) is 14.1 Å². The van der Waals surface area contributed by atoms with E-state index in [-0.39, 0.29) is 5.91 Å². The molecule has 1 heterocycles. The van der Waals surface area contributed by atoms with Crippen molar-refractivity contribution >= 4 is 62.3 Å². The highest BCUT2D eigenvalue weighted by atomic mass is 79.9. The number of carbonyl (C=O) groups excluding carboxylic acids is 2. The minimum absolute atomic E-state index is 0.370. The lowest BCUT2D eigenvalue weighted by Gasteiger charge is -2.12. The summed E-state index contributed by atoms with van der Waals surface area (Å²) in [7, 11) is 0. The predicted octanol–water partition coefficient (Wildman–Crippen LogP) is 2.86. The molecule has 2 rings (SSSR count). The Kier molecular flexibility index (Phi) is 3.66. The Labute approximate surface area is 126 Å². The molecule has 1 aromatic heterocycles. The molecule has 1 fully saturated rings. The van der Waals surface area contributed by atoms with Gasteiger partial charge in [-0.1, -0.05) is 0 Å². The number of alkyl halides is 2. The number of thiophene rings is 1. The van der Waals surface area contributed by atoms with Crippen LogP contribution < -0.4 is 10.9 Å². The second kappa shape index (κ2) is 4.67. The van der Waals surface area contributed by atoms with Crippen molar-refractivity contribution in [2.75, 3.05) is 0 Å². The van der Waals surface area contributed by atoms with Crippen LogP contribution in [0, 0.1) is 5.41 Å². The molecule has 0 radical (unpaired) electrons. The Bertz CT molecular complexity index is 520. The first kappa shape index (κ1) is 14.1. The molecule has 0 aromatic carbocycles. The van der Waals surface area contributed by atoms with Crippen LogP contribution in [0.3, 0.4) is 0 Å². The van der Waals surface area contributed by atoms with Gasteiger partial charge in [0.25, 0.3) is 5.91 Å². The second-order valence-electron chi connectivity index (χ2n) is 4.23. The molecular formula is C10H9BrCl2N2O2S. The number of carbonyl (C=O) groups is 2. The quantitative estimate of drug-likeness (QED) is 0.620. The van der Waals surface area contributed by atoms with Crippen molar-refractivity contribution in [3.63, 3.8) is 0 Å². The lowest BCUT2D eigenvalue weighted by molar-refractivity contribution is -0.126. The molecule has 8 heteroatoms. The molecule has 1 atom stereocenters. The van der Waals surface area contributed by atoms with E-state index in [1.165, 1.54) is 11.3 Å². The monoisotopic (exact) mass is 370 g/mol. The Morgan fingerprint density at radius 1 is 1.39 bits per heavy atom. The maximum absolute atomic E-state index is 11.8. The summed E-state index contributed by atoms with van der Waals surface area (Å²) in [5.41, 5.74) is 3.81. The maximum atomic E-state index is 11.8. The Hall–Kier alpha value is -0.300. The third kappa shape index (κ3) is 2.52. The number of hydrogen-bond acceptors (Lipinski definition) is 3. The average molecular weight is 372 g/mol. The van der Waals surface area contributed by atoms with Crippen molar-refractivity contribution in [2.24, 2.45) is 5.41 Å². The van der Waals surface area contributed by atoms with E-state index in [0.717, 1.165) is 3.79 Å². The standard InChI is InChI=1S/C10H9BrCl2N2O2S/c1-9(4-10(9,12)13)8(17)15-14-7(16)5-2-3-6(11)18-5/h2-3H,4H2,1H3,(H,14,16)(H,15,17). The van der Waals surface area contributed by atoms with Crippen molar-refractivity contribution in [1.29, 1.82) is 0 Å². The SMILES string of the molecule is CC1(C(=O)NNC(=O)c2ccc(Br)s2)CC1(Cl)Cl. The Morgan fingerprint density at radius 3 is 2.44 bits per heavy atom. The molecule has 4 nitrogen and oxygen atoms in total. The smallest absolute Gasteiger partial charge is 0.273 e. The van der Waals surface area contributed by atoms with E-state index in [2.05, 4.69) is 26.8 Å². The minimum Gasteiger partial charge on any atom is -0.273 e. The van der Waals surface area contributed by atoms with Crippen molar-refractivity contribution in [3.8, 4) is 0 Å². The van der Waals surface area contributed by atoms with Gasteiger partial charge in [0, 0.05) is 0 Å². The summed E-state index contributed by atoms with van der Waals surface area (Å²) in [5, 5.41) is 0. The van der Waals surface area contributed by atoms with Crippen LogP contribution in [-0.2, 0) is 4.79 Å². The molecule has 18 heavy (non-hydrogen) atoms. The second-order valence-corrected chi connectivity index (χ2v) is 8.17. The summed E-state index contributed by atoms with van der Waals surface area (Å²) < 4.78 is -0.206. The van der Waals surface area contributed by atoms with Gasteiger partial charge in [-0.25, -0.2) is 0 Å². The third-order valence-corrected chi connectivity index (χ3v) is 5.57. The van der Waals surface area contributed by atoms with Crippen LogP contribution in [0.25, 0.3) is 0 Å². The first-order chi connectivity index (χ1) is 8.26. The summed E-state index contributed by atoms with van der Waals surface area (Å²) in [5.74, 6) is -0.769. The topological polar surface area (TPSA) is 58.2 Å². The number of rotatable bonds is 2. The number of hydrazine groups is 1. The van der Waals surface area contributed by atoms with Crippen LogP contribution in [0.5, 0.6) is 0 Å². The molecule has 98 valence electrons.